The predicted molar refractivity (Wildman–Crippen MR) is 95.2 cm³/mol. The van der Waals surface area contributed by atoms with Gasteiger partial charge in [-0.2, -0.15) is 13.5 Å². The number of benzene rings is 2. The Morgan fingerprint density at radius 2 is 1.62 bits per heavy atom. The Kier molecular flexibility index (Phi) is 4.13. The van der Waals surface area contributed by atoms with E-state index in [-0.39, 0.29) is 0 Å². The lowest BCUT2D eigenvalue weighted by Gasteiger charge is -2.09. The van der Waals surface area contributed by atoms with Gasteiger partial charge in [-0.25, -0.2) is 9.82 Å². The summed E-state index contributed by atoms with van der Waals surface area (Å²) in [6, 6.07) is 17.1. The average Bonchev–Trinajstić information content (AvgIpc) is 2.89. The molecule has 124 valence electrons. The smallest absolute Gasteiger partial charge is 0.271 e. The first kappa shape index (κ1) is 16.2. The summed E-state index contributed by atoms with van der Waals surface area (Å²) in [6.45, 7) is 3.98. The molecule has 0 unspecified atom stereocenters. The molecular weight excluding hydrogens is 324 g/mol. The molecule has 0 saturated carbocycles. The summed E-state index contributed by atoms with van der Waals surface area (Å²) in [5, 5.41) is 9.51. The van der Waals surface area contributed by atoms with Gasteiger partial charge < -0.3 is 0 Å². The van der Waals surface area contributed by atoms with Crippen molar-refractivity contribution in [1.82, 2.24) is 9.78 Å². The highest BCUT2D eigenvalue weighted by Gasteiger charge is 2.10. The van der Waals surface area contributed by atoms with Crippen molar-refractivity contribution in [2.24, 2.45) is 5.14 Å². The highest BCUT2D eigenvalue weighted by Crippen LogP contribution is 2.25. The summed E-state index contributed by atoms with van der Waals surface area (Å²) in [6.07, 6.45) is 0. The van der Waals surface area contributed by atoms with Crippen molar-refractivity contribution < 1.29 is 8.42 Å². The standard InChI is InChI=1S/C17H18N4O2S/c1-12-3-5-14(6-4-12)17-11-13(2)19-21(17)16-9-7-15(8-10-16)20-24(18,22)23/h3-11,20H,1-2H3,(H2,18,22,23). The molecule has 0 fully saturated rings. The van der Waals surface area contributed by atoms with Crippen molar-refractivity contribution in [2.75, 3.05) is 4.72 Å². The van der Waals surface area contributed by atoms with E-state index in [1.165, 1.54) is 5.56 Å². The Labute approximate surface area is 141 Å². The Hall–Kier alpha value is -2.64. The number of hydrogen-bond donors (Lipinski definition) is 2. The van der Waals surface area contributed by atoms with Gasteiger partial charge in [-0.15, -0.1) is 0 Å². The van der Waals surface area contributed by atoms with E-state index in [1.807, 2.05) is 24.6 Å². The minimum Gasteiger partial charge on any atom is -0.271 e. The molecule has 3 rings (SSSR count). The van der Waals surface area contributed by atoms with Gasteiger partial charge in [-0.05, 0) is 44.2 Å². The summed E-state index contributed by atoms with van der Waals surface area (Å²) < 4.78 is 26.2. The maximum absolute atomic E-state index is 11.1. The first-order chi connectivity index (χ1) is 11.3. The first-order valence-electron chi connectivity index (χ1n) is 7.36. The summed E-state index contributed by atoms with van der Waals surface area (Å²) in [5.41, 5.74) is 5.37. The van der Waals surface area contributed by atoms with Crippen LogP contribution < -0.4 is 9.86 Å². The quantitative estimate of drug-likeness (QED) is 0.764. The molecule has 7 heteroatoms. The molecule has 0 saturated heterocycles. The van der Waals surface area contributed by atoms with Crippen molar-refractivity contribution >= 4 is 15.9 Å². The minimum absolute atomic E-state index is 0.405. The summed E-state index contributed by atoms with van der Waals surface area (Å²) in [4.78, 5) is 0. The van der Waals surface area contributed by atoms with Gasteiger partial charge in [0.15, 0.2) is 0 Å². The van der Waals surface area contributed by atoms with E-state index in [9.17, 15) is 8.42 Å². The first-order valence-corrected chi connectivity index (χ1v) is 8.91. The number of nitrogens with zero attached hydrogens (tertiary/aromatic N) is 2. The Morgan fingerprint density at radius 3 is 2.21 bits per heavy atom. The molecule has 3 aromatic rings. The van der Waals surface area contributed by atoms with Gasteiger partial charge in [0.1, 0.15) is 0 Å². The van der Waals surface area contributed by atoms with Gasteiger partial charge >= 0.3 is 0 Å². The lowest BCUT2D eigenvalue weighted by Crippen LogP contribution is -2.21. The highest BCUT2D eigenvalue weighted by atomic mass is 32.2. The van der Waals surface area contributed by atoms with Crippen LogP contribution >= 0.6 is 0 Å². The van der Waals surface area contributed by atoms with Crippen LogP contribution in [0.5, 0.6) is 0 Å². The fourth-order valence-electron chi connectivity index (χ4n) is 2.46. The second-order valence-corrected chi connectivity index (χ2v) is 6.94. The molecule has 0 atom stereocenters. The van der Waals surface area contributed by atoms with Crippen LogP contribution in [-0.2, 0) is 10.2 Å². The monoisotopic (exact) mass is 342 g/mol. The molecule has 3 N–H and O–H groups in total. The Morgan fingerprint density at radius 1 is 1.00 bits per heavy atom. The predicted octanol–water partition coefficient (Wildman–Crippen LogP) is 2.77. The van der Waals surface area contributed by atoms with Crippen LogP contribution in [0.3, 0.4) is 0 Å². The third-order valence-electron chi connectivity index (χ3n) is 3.55. The maximum Gasteiger partial charge on any atom is 0.296 e. The van der Waals surface area contributed by atoms with E-state index in [2.05, 4.69) is 34.1 Å². The number of aryl methyl sites for hydroxylation is 2. The van der Waals surface area contributed by atoms with Crippen LogP contribution in [0.15, 0.2) is 54.6 Å². The van der Waals surface area contributed by atoms with E-state index in [0.717, 1.165) is 22.6 Å². The zero-order valence-electron chi connectivity index (χ0n) is 13.4. The van der Waals surface area contributed by atoms with Gasteiger partial charge in [0.2, 0.25) is 0 Å². The lowest BCUT2D eigenvalue weighted by molar-refractivity contribution is 0.603. The Bertz CT molecular complexity index is 959. The third-order valence-corrected chi connectivity index (χ3v) is 4.07. The molecule has 0 bridgehead atoms. The number of anilines is 1. The second kappa shape index (κ2) is 6.10. The van der Waals surface area contributed by atoms with Crippen molar-refractivity contribution in [3.05, 3.63) is 65.9 Å². The molecule has 0 radical (unpaired) electrons. The van der Waals surface area contributed by atoms with E-state index in [4.69, 9.17) is 5.14 Å². The van der Waals surface area contributed by atoms with Crippen molar-refractivity contribution in [3.63, 3.8) is 0 Å². The van der Waals surface area contributed by atoms with E-state index >= 15 is 0 Å². The molecule has 1 aromatic heterocycles. The maximum atomic E-state index is 11.1. The normalized spacial score (nSPS) is 11.5. The number of nitrogens with one attached hydrogen (secondary N) is 1. The molecule has 0 aliphatic heterocycles. The van der Waals surface area contributed by atoms with Crippen LogP contribution in [0.4, 0.5) is 5.69 Å². The number of rotatable bonds is 4. The van der Waals surface area contributed by atoms with E-state index in [1.54, 1.807) is 24.3 Å². The zero-order valence-corrected chi connectivity index (χ0v) is 14.2. The number of aromatic nitrogens is 2. The van der Waals surface area contributed by atoms with Crippen molar-refractivity contribution in [1.29, 1.82) is 0 Å². The average molecular weight is 342 g/mol. The molecule has 0 aliphatic rings. The van der Waals surface area contributed by atoms with Crippen molar-refractivity contribution in [2.45, 2.75) is 13.8 Å². The zero-order chi connectivity index (χ0) is 17.3. The van der Waals surface area contributed by atoms with Crippen molar-refractivity contribution in [3.8, 4) is 16.9 Å². The second-order valence-electron chi connectivity index (χ2n) is 5.64. The third kappa shape index (κ3) is 3.64. The molecular formula is C17H18N4O2S. The summed E-state index contributed by atoms with van der Waals surface area (Å²) in [5.74, 6) is 0. The molecule has 6 nitrogen and oxygen atoms in total. The molecule has 2 aromatic carbocycles. The van der Waals surface area contributed by atoms with E-state index in [0.29, 0.717) is 5.69 Å². The van der Waals surface area contributed by atoms with Crippen LogP contribution in [0, 0.1) is 13.8 Å². The largest absolute Gasteiger partial charge is 0.296 e. The van der Waals surface area contributed by atoms with Crippen LogP contribution in [0.1, 0.15) is 11.3 Å². The fraction of sp³-hybridized carbons (Fsp3) is 0.118. The Balaban J connectivity index is 1.99. The number of hydrogen-bond acceptors (Lipinski definition) is 3. The van der Waals surface area contributed by atoms with Crippen LogP contribution in [-0.4, -0.2) is 18.2 Å². The number of nitrogens with two attached hydrogens (primary N) is 1. The molecule has 0 amide bonds. The molecule has 0 spiro atoms. The molecule has 1 heterocycles. The minimum atomic E-state index is -3.78. The highest BCUT2D eigenvalue weighted by molar-refractivity contribution is 7.90. The van der Waals surface area contributed by atoms with E-state index < -0.39 is 10.2 Å². The fourth-order valence-corrected chi connectivity index (χ4v) is 2.93. The van der Waals surface area contributed by atoms with Crippen LogP contribution in [0.25, 0.3) is 16.9 Å². The van der Waals surface area contributed by atoms with Gasteiger partial charge in [-0.3, -0.25) is 4.72 Å². The lowest BCUT2D eigenvalue weighted by atomic mass is 10.1. The van der Waals surface area contributed by atoms with Crippen LogP contribution in [0.2, 0.25) is 0 Å². The SMILES string of the molecule is Cc1ccc(-c2cc(C)nn2-c2ccc(NS(N)(=O)=O)cc2)cc1. The molecule has 24 heavy (non-hydrogen) atoms. The van der Waals surface area contributed by atoms with Gasteiger partial charge in [-0.1, -0.05) is 29.8 Å². The topological polar surface area (TPSA) is 90.0 Å². The summed E-state index contributed by atoms with van der Waals surface area (Å²) in [7, 11) is -3.78. The molecule has 0 aliphatic carbocycles. The summed E-state index contributed by atoms with van der Waals surface area (Å²) >= 11 is 0. The van der Waals surface area contributed by atoms with Gasteiger partial charge in [0.25, 0.3) is 10.2 Å². The van der Waals surface area contributed by atoms with Gasteiger partial charge in [0, 0.05) is 11.3 Å². The van der Waals surface area contributed by atoms with Gasteiger partial charge in [0.05, 0.1) is 17.1 Å².